The highest BCUT2D eigenvalue weighted by molar-refractivity contribution is 6.32. The third kappa shape index (κ3) is 2.92. The second-order valence-electron chi connectivity index (χ2n) is 6.67. The van der Waals surface area contributed by atoms with E-state index in [-0.39, 0.29) is 6.79 Å². The van der Waals surface area contributed by atoms with Crippen molar-refractivity contribution in [2.45, 2.75) is 32.6 Å². The first kappa shape index (κ1) is 15.7. The zero-order valence-electron chi connectivity index (χ0n) is 14.1. The van der Waals surface area contributed by atoms with Crippen molar-refractivity contribution in [3.05, 3.63) is 40.1 Å². The van der Waals surface area contributed by atoms with Crippen molar-refractivity contribution in [2.24, 2.45) is 5.92 Å². The molecule has 8 heteroatoms. The van der Waals surface area contributed by atoms with E-state index in [0.717, 1.165) is 23.6 Å². The number of fused-ring (bicyclic) bond motifs is 1. The van der Waals surface area contributed by atoms with E-state index in [0.29, 0.717) is 46.3 Å². The molecule has 0 atom stereocenters. The molecule has 1 saturated carbocycles. The van der Waals surface area contributed by atoms with Gasteiger partial charge in [0.25, 0.3) is 5.89 Å². The van der Waals surface area contributed by atoms with Gasteiger partial charge in [-0.25, -0.2) is 4.98 Å². The second-order valence-corrected chi connectivity index (χ2v) is 7.08. The third-order valence-corrected chi connectivity index (χ3v) is 4.79. The van der Waals surface area contributed by atoms with Gasteiger partial charge in [0.05, 0.1) is 10.7 Å². The van der Waals surface area contributed by atoms with Gasteiger partial charge in [-0.05, 0) is 43.4 Å². The molecule has 1 aliphatic carbocycles. The molecule has 26 heavy (non-hydrogen) atoms. The summed E-state index contributed by atoms with van der Waals surface area (Å²) in [5, 5.41) is 4.55. The van der Waals surface area contributed by atoms with E-state index in [2.05, 4.69) is 15.1 Å². The van der Waals surface area contributed by atoms with Gasteiger partial charge in [-0.15, -0.1) is 0 Å². The molecule has 0 N–H and O–H groups in total. The standard InChI is InChI=1S/C18H16ClN3O4/c1-9-16(25-15(20-9)7-10-2-3-10)18-21-14(22-26-18)6-11-4-12(19)17-13(5-11)23-8-24-17/h4-5,10H,2-3,6-8H2,1H3. The molecule has 2 aromatic heterocycles. The predicted octanol–water partition coefficient (Wildman–Crippen LogP) is 3.96. The normalized spacial score (nSPS) is 15.6. The van der Waals surface area contributed by atoms with Crippen LogP contribution in [0.25, 0.3) is 11.7 Å². The molecule has 134 valence electrons. The minimum Gasteiger partial charge on any atom is -0.454 e. The summed E-state index contributed by atoms with van der Waals surface area (Å²) in [6.07, 6.45) is 3.83. The van der Waals surface area contributed by atoms with Crippen molar-refractivity contribution in [1.82, 2.24) is 15.1 Å². The second kappa shape index (κ2) is 6.02. The fourth-order valence-corrected chi connectivity index (χ4v) is 3.32. The maximum absolute atomic E-state index is 6.22. The average molecular weight is 374 g/mol. The predicted molar refractivity (Wildman–Crippen MR) is 91.3 cm³/mol. The molecule has 0 saturated heterocycles. The van der Waals surface area contributed by atoms with Crippen LogP contribution < -0.4 is 9.47 Å². The Morgan fingerprint density at radius 1 is 1.19 bits per heavy atom. The van der Waals surface area contributed by atoms with Gasteiger partial charge in [-0.2, -0.15) is 4.98 Å². The molecule has 3 heterocycles. The van der Waals surface area contributed by atoms with Crippen molar-refractivity contribution in [3.63, 3.8) is 0 Å². The first-order chi connectivity index (χ1) is 12.7. The molecule has 2 aliphatic rings. The van der Waals surface area contributed by atoms with Crippen molar-refractivity contribution >= 4 is 11.6 Å². The SMILES string of the molecule is Cc1nc(CC2CC2)oc1-c1nc(Cc2cc(Cl)c3c(c2)OCO3)no1. The summed E-state index contributed by atoms with van der Waals surface area (Å²) in [7, 11) is 0. The summed E-state index contributed by atoms with van der Waals surface area (Å²) in [5.74, 6) is 4.07. The smallest absolute Gasteiger partial charge is 0.295 e. The number of hydrogen-bond donors (Lipinski definition) is 0. The van der Waals surface area contributed by atoms with Crippen molar-refractivity contribution in [1.29, 1.82) is 0 Å². The number of aromatic nitrogens is 3. The Bertz CT molecular complexity index is 977. The molecule has 1 aliphatic heterocycles. The molecule has 0 amide bonds. The number of nitrogens with zero attached hydrogens (tertiary/aromatic N) is 3. The summed E-state index contributed by atoms with van der Waals surface area (Å²) in [4.78, 5) is 8.91. The van der Waals surface area contributed by atoms with Crippen LogP contribution in [0.2, 0.25) is 5.02 Å². The lowest BCUT2D eigenvalue weighted by atomic mass is 10.1. The fraction of sp³-hybridized carbons (Fsp3) is 0.389. The lowest BCUT2D eigenvalue weighted by molar-refractivity contribution is 0.174. The van der Waals surface area contributed by atoms with E-state index in [9.17, 15) is 0 Å². The number of benzene rings is 1. The molecular formula is C18H16ClN3O4. The maximum atomic E-state index is 6.22. The molecule has 1 aromatic carbocycles. The zero-order valence-corrected chi connectivity index (χ0v) is 14.9. The van der Waals surface area contributed by atoms with Crippen LogP contribution in [0.4, 0.5) is 0 Å². The Balaban J connectivity index is 1.37. The molecule has 0 bridgehead atoms. The van der Waals surface area contributed by atoms with Crippen LogP contribution >= 0.6 is 11.6 Å². The van der Waals surface area contributed by atoms with Crippen molar-refractivity contribution in [2.75, 3.05) is 6.79 Å². The van der Waals surface area contributed by atoms with Crippen LogP contribution in [0.15, 0.2) is 21.1 Å². The van der Waals surface area contributed by atoms with Gasteiger partial charge in [-0.3, -0.25) is 0 Å². The molecule has 0 spiro atoms. The molecule has 7 nitrogen and oxygen atoms in total. The van der Waals surface area contributed by atoms with Crippen LogP contribution in [0, 0.1) is 12.8 Å². The first-order valence-electron chi connectivity index (χ1n) is 8.53. The quantitative estimate of drug-likeness (QED) is 0.669. The van der Waals surface area contributed by atoms with E-state index < -0.39 is 0 Å². The maximum Gasteiger partial charge on any atom is 0.295 e. The van der Waals surface area contributed by atoms with E-state index in [4.69, 9.17) is 30.0 Å². The summed E-state index contributed by atoms with van der Waals surface area (Å²) < 4.78 is 21.9. The van der Waals surface area contributed by atoms with E-state index >= 15 is 0 Å². The van der Waals surface area contributed by atoms with E-state index in [1.54, 1.807) is 0 Å². The Morgan fingerprint density at radius 3 is 2.92 bits per heavy atom. The van der Waals surface area contributed by atoms with Crippen LogP contribution in [-0.2, 0) is 12.8 Å². The van der Waals surface area contributed by atoms with Crippen molar-refractivity contribution in [3.8, 4) is 23.1 Å². The Labute approximate surface area is 154 Å². The number of rotatable bonds is 5. The minimum atomic E-state index is 0.179. The van der Waals surface area contributed by atoms with Gasteiger partial charge in [0.1, 0.15) is 0 Å². The Morgan fingerprint density at radius 2 is 2.08 bits per heavy atom. The largest absolute Gasteiger partial charge is 0.454 e. The number of oxazole rings is 1. The van der Waals surface area contributed by atoms with Crippen LogP contribution in [0.5, 0.6) is 11.5 Å². The minimum absolute atomic E-state index is 0.179. The van der Waals surface area contributed by atoms with Gasteiger partial charge in [0.2, 0.25) is 12.6 Å². The first-order valence-corrected chi connectivity index (χ1v) is 8.91. The number of halogens is 1. The number of aryl methyl sites for hydroxylation is 1. The molecule has 1 fully saturated rings. The molecule has 5 rings (SSSR count). The fourth-order valence-electron chi connectivity index (χ4n) is 3.03. The summed E-state index contributed by atoms with van der Waals surface area (Å²) in [6, 6.07) is 3.69. The highest BCUT2D eigenvalue weighted by Gasteiger charge is 2.26. The molecule has 0 unspecified atom stereocenters. The van der Waals surface area contributed by atoms with Crippen molar-refractivity contribution < 1.29 is 18.4 Å². The number of hydrogen-bond acceptors (Lipinski definition) is 7. The summed E-state index contributed by atoms with van der Waals surface area (Å²) in [5.41, 5.74) is 1.68. The van der Waals surface area contributed by atoms with Gasteiger partial charge in [-0.1, -0.05) is 16.8 Å². The molecular weight excluding hydrogens is 358 g/mol. The van der Waals surface area contributed by atoms with Crippen LogP contribution in [-0.4, -0.2) is 21.9 Å². The summed E-state index contributed by atoms with van der Waals surface area (Å²) >= 11 is 6.22. The molecule has 3 aromatic rings. The van der Waals surface area contributed by atoms with Crippen LogP contribution in [0.1, 0.15) is 35.8 Å². The molecule has 0 radical (unpaired) electrons. The monoisotopic (exact) mass is 373 g/mol. The Kier molecular flexibility index (Phi) is 3.63. The average Bonchev–Trinajstić information content (AvgIpc) is 2.98. The number of ether oxygens (including phenoxy) is 2. The lowest BCUT2D eigenvalue weighted by Crippen LogP contribution is -1.93. The summed E-state index contributed by atoms with van der Waals surface area (Å²) in [6.45, 7) is 2.07. The highest BCUT2D eigenvalue weighted by atomic mass is 35.5. The van der Waals surface area contributed by atoms with E-state index in [1.165, 1.54) is 12.8 Å². The van der Waals surface area contributed by atoms with Gasteiger partial charge >= 0.3 is 0 Å². The highest BCUT2D eigenvalue weighted by Crippen LogP contribution is 2.40. The van der Waals surface area contributed by atoms with Gasteiger partial charge in [0, 0.05) is 12.8 Å². The zero-order chi connectivity index (χ0) is 17.7. The van der Waals surface area contributed by atoms with Gasteiger partial charge < -0.3 is 18.4 Å². The lowest BCUT2D eigenvalue weighted by Gasteiger charge is -2.02. The topological polar surface area (TPSA) is 83.4 Å². The third-order valence-electron chi connectivity index (χ3n) is 4.51. The van der Waals surface area contributed by atoms with Gasteiger partial charge in [0.15, 0.2) is 23.2 Å². The van der Waals surface area contributed by atoms with Crippen LogP contribution in [0.3, 0.4) is 0 Å². The van der Waals surface area contributed by atoms with E-state index in [1.807, 2.05) is 19.1 Å². The Hall–Kier alpha value is -2.54.